The van der Waals surface area contributed by atoms with Gasteiger partial charge in [-0.3, -0.25) is 0 Å². The van der Waals surface area contributed by atoms with Crippen LogP contribution in [0.5, 0.6) is 0 Å². The lowest BCUT2D eigenvalue weighted by Gasteiger charge is -1.96. The molecule has 0 N–H and O–H groups in total. The maximum atomic E-state index is 5.16. The van der Waals surface area contributed by atoms with E-state index in [1.54, 1.807) is 6.26 Å². The summed E-state index contributed by atoms with van der Waals surface area (Å²) in [5.74, 6) is 0.570. The van der Waals surface area contributed by atoms with Gasteiger partial charge in [-0.1, -0.05) is 13.8 Å². The molecular formula is C8H14O2. The Morgan fingerprint density at radius 2 is 2.40 bits per heavy atom. The van der Waals surface area contributed by atoms with E-state index in [-0.39, 0.29) is 0 Å². The predicted molar refractivity (Wildman–Crippen MR) is 39.7 cm³/mol. The van der Waals surface area contributed by atoms with E-state index < -0.39 is 0 Å². The average Bonchev–Trinajstić information content (AvgIpc) is 2.62. The second kappa shape index (κ2) is 3.62. The third kappa shape index (κ3) is 3.51. The van der Waals surface area contributed by atoms with Gasteiger partial charge in [-0.15, -0.1) is 0 Å². The minimum Gasteiger partial charge on any atom is -0.499 e. The topological polar surface area (TPSA) is 21.8 Å². The van der Waals surface area contributed by atoms with Crippen molar-refractivity contribution >= 4 is 0 Å². The molecule has 0 spiro atoms. The first-order valence-corrected chi connectivity index (χ1v) is 3.69. The van der Waals surface area contributed by atoms with Crippen molar-refractivity contribution in [3.8, 4) is 0 Å². The van der Waals surface area contributed by atoms with Crippen LogP contribution in [0.2, 0.25) is 0 Å². The van der Waals surface area contributed by atoms with E-state index in [2.05, 4.69) is 13.8 Å². The molecule has 1 aliphatic rings. The highest BCUT2D eigenvalue weighted by Crippen LogP contribution is 2.08. The van der Waals surface area contributed by atoms with Crippen molar-refractivity contribution in [1.82, 2.24) is 0 Å². The van der Waals surface area contributed by atoms with Gasteiger partial charge in [-0.25, -0.2) is 0 Å². The minimum atomic E-state index is 0.372. The van der Waals surface area contributed by atoms with Gasteiger partial charge in [0.2, 0.25) is 0 Å². The van der Waals surface area contributed by atoms with Crippen molar-refractivity contribution in [1.29, 1.82) is 0 Å². The maximum absolute atomic E-state index is 5.16. The van der Waals surface area contributed by atoms with E-state index in [4.69, 9.17) is 9.47 Å². The average molecular weight is 142 g/mol. The molecule has 1 heterocycles. The minimum absolute atomic E-state index is 0.372. The molecule has 2 nitrogen and oxygen atoms in total. The molecule has 0 aromatic rings. The van der Waals surface area contributed by atoms with Gasteiger partial charge in [0.25, 0.3) is 0 Å². The molecule has 0 radical (unpaired) electrons. The molecule has 0 amide bonds. The van der Waals surface area contributed by atoms with Gasteiger partial charge in [0.15, 0.2) is 0 Å². The van der Waals surface area contributed by atoms with E-state index >= 15 is 0 Å². The lowest BCUT2D eigenvalue weighted by molar-refractivity contribution is 0.211. The zero-order valence-corrected chi connectivity index (χ0v) is 6.54. The van der Waals surface area contributed by atoms with Crippen LogP contribution < -0.4 is 0 Å². The second-order valence-corrected chi connectivity index (χ2v) is 2.86. The molecule has 1 fully saturated rings. The number of ether oxygens (including phenoxy) is 2. The van der Waals surface area contributed by atoms with Crippen LogP contribution in [0.1, 0.15) is 13.8 Å². The molecule has 0 saturated carbocycles. The summed E-state index contributed by atoms with van der Waals surface area (Å²) in [7, 11) is 0. The Morgan fingerprint density at radius 1 is 1.70 bits per heavy atom. The Morgan fingerprint density at radius 3 is 2.90 bits per heavy atom. The Balaban J connectivity index is 1.92. The van der Waals surface area contributed by atoms with Gasteiger partial charge in [-0.05, 0) is 12.0 Å². The Labute approximate surface area is 61.8 Å². The van der Waals surface area contributed by atoms with Crippen molar-refractivity contribution in [2.45, 2.75) is 20.0 Å². The summed E-state index contributed by atoms with van der Waals surface area (Å²) in [6.45, 7) is 5.82. The van der Waals surface area contributed by atoms with Gasteiger partial charge in [0.05, 0.1) is 12.9 Å². The van der Waals surface area contributed by atoms with E-state index in [9.17, 15) is 0 Å². The van der Waals surface area contributed by atoms with Gasteiger partial charge < -0.3 is 9.47 Å². The van der Waals surface area contributed by atoms with E-state index in [0.29, 0.717) is 18.6 Å². The lowest BCUT2D eigenvalue weighted by atomic mass is 10.2. The SMILES string of the molecule is CC(C)C=COCC1CO1. The first-order chi connectivity index (χ1) is 4.79. The first-order valence-electron chi connectivity index (χ1n) is 3.69. The molecule has 2 heteroatoms. The Hall–Kier alpha value is -0.500. The summed E-state index contributed by atoms with van der Waals surface area (Å²) in [5, 5.41) is 0. The highest BCUT2D eigenvalue weighted by atomic mass is 16.6. The molecule has 10 heavy (non-hydrogen) atoms. The van der Waals surface area contributed by atoms with Crippen LogP contribution in [0.15, 0.2) is 12.3 Å². The fraction of sp³-hybridized carbons (Fsp3) is 0.750. The summed E-state index contributed by atoms with van der Waals surface area (Å²) < 4.78 is 10.1. The smallest absolute Gasteiger partial charge is 0.116 e. The number of epoxide rings is 1. The number of allylic oxidation sites excluding steroid dienone is 1. The lowest BCUT2D eigenvalue weighted by Crippen LogP contribution is -1.95. The third-order valence-corrected chi connectivity index (χ3v) is 1.24. The van der Waals surface area contributed by atoms with Gasteiger partial charge >= 0.3 is 0 Å². The normalized spacial score (nSPS) is 24.1. The molecule has 1 atom stereocenters. The fourth-order valence-corrected chi connectivity index (χ4v) is 0.540. The third-order valence-electron chi connectivity index (χ3n) is 1.24. The van der Waals surface area contributed by atoms with Gasteiger partial charge in [-0.2, -0.15) is 0 Å². The molecule has 1 aliphatic heterocycles. The van der Waals surface area contributed by atoms with Crippen LogP contribution in [-0.2, 0) is 9.47 Å². The largest absolute Gasteiger partial charge is 0.499 e. The highest BCUT2D eigenvalue weighted by molar-refractivity contribution is 4.78. The first kappa shape index (κ1) is 7.61. The van der Waals surface area contributed by atoms with Crippen LogP contribution in [-0.4, -0.2) is 19.3 Å². The Kier molecular flexibility index (Phi) is 2.75. The molecule has 1 saturated heterocycles. The van der Waals surface area contributed by atoms with E-state index in [1.165, 1.54) is 0 Å². The fourth-order valence-electron chi connectivity index (χ4n) is 0.540. The van der Waals surface area contributed by atoms with Crippen molar-refractivity contribution in [3.05, 3.63) is 12.3 Å². The molecule has 1 rings (SSSR count). The summed E-state index contributed by atoms with van der Waals surface area (Å²) in [5.41, 5.74) is 0. The predicted octanol–water partition coefficient (Wildman–Crippen LogP) is 1.57. The van der Waals surface area contributed by atoms with Gasteiger partial charge in [0.1, 0.15) is 12.7 Å². The zero-order valence-electron chi connectivity index (χ0n) is 6.54. The van der Waals surface area contributed by atoms with Crippen LogP contribution in [0.3, 0.4) is 0 Å². The second-order valence-electron chi connectivity index (χ2n) is 2.86. The van der Waals surface area contributed by atoms with Crippen molar-refractivity contribution < 1.29 is 9.47 Å². The molecule has 0 aromatic heterocycles. The quantitative estimate of drug-likeness (QED) is 0.439. The van der Waals surface area contributed by atoms with E-state index in [0.717, 1.165) is 6.61 Å². The number of hydrogen-bond acceptors (Lipinski definition) is 2. The number of rotatable bonds is 4. The molecule has 0 aromatic carbocycles. The summed E-state index contributed by atoms with van der Waals surface area (Å²) in [4.78, 5) is 0. The van der Waals surface area contributed by atoms with E-state index in [1.807, 2.05) is 6.08 Å². The molecule has 58 valence electrons. The van der Waals surface area contributed by atoms with Gasteiger partial charge in [0, 0.05) is 0 Å². The van der Waals surface area contributed by atoms with Crippen molar-refractivity contribution in [2.75, 3.05) is 13.2 Å². The van der Waals surface area contributed by atoms with Crippen molar-refractivity contribution in [3.63, 3.8) is 0 Å². The molecule has 1 unspecified atom stereocenters. The highest BCUT2D eigenvalue weighted by Gasteiger charge is 2.22. The summed E-state index contributed by atoms with van der Waals surface area (Å²) in [6.07, 6.45) is 4.16. The summed E-state index contributed by atoms with van der Waals surface area (Å²) in [6, 6.07) is 0. The summed E-state index contributed by atoms with van der Waals surface area (Å²) >= 11 is 0. The number of hydrogen-bond donors (Lipinski definition) is 0. The zero-order chi connectivity index (χ0) is 7.40. The maximum Gasteiger partial charge on any atom is 0.116 e. The monoisotopic (exact) mass is 142 g/mol. The molecular weight excluding hydrogens is 128 g/mol. The Bertz CT molecular complexity index is 114. The molecule has 0 aliphatic carbocycles. The standard InChI is InChI=1S/C8H14O2/c1-7(2)3-4-9-5-8-6-10-8/h3-4,7-8H,5-6H2,1-2H3. The van der Waals surface area contributed by atoms with Crippen LogP contribution in [0.4, 0.5) is 0 Å². The van der Waals surface area contributed by atoms with Crippen LogP contribution in [0.25, 0.3) is 0 Å². The molecule has 0 bridgehead atoms. The van der Waals surface area contributed by atoms with Crippen LogP contribution >= 0.6 is 0 Å². The van der Waals surface area contributed by atoms with Crippen LogP contribution in [0, 0.1) is 5.92 Å². The van der Waals surface area contributed by atoms with Crippen molar-refractivity contribution in [2.24, 2.45) is 5.92 Å².